The van der Waals surface area contributed by atoms with E-state index in [1.54, 1.807) is 24.3 Å². The van der Waals surface area contributed by atoms with E-state index in [1.165, 1.54) is 11.9 Å². The number of sulfonamides is 1. The van der Waals surface area contributed by atoms with Gasteiger partial charge in [-0.25, -0.2) is 8.42 Å². The van der Waals surface area contributed by atoms with Gasteiger partial charge in [-0.3, -0.25) is 13.9 Å². The number of nitrogens with one attached hydrogen (secondary N) is 1. The number of carbonyl (C=O) groups excluding carboxylic acids is 2. The number of hydrogen-bond acceptors (Lipinski definition) is 4. The molecule has 3 aromatic rings. The van der Waals surface area contributed by atoms with E-state index in [4.69, 9.17) is 0 Å². The average molecular weight is 573 g/mol. The second-order valence-corrected chi connectivity index (χ2v) is 11.3. The largest absolute Gasteiger partial charge is 0.357 e. The molecule has 7 nitrogen and oxygen atoms in total. The van der Waals surface area contributed by atoms with Crippen LogP contribution in [0.4, 0.5) is 5.69 Å². The Hall–Kier alpha value is -3.17. The van der Waals surface area contributed by atoms with Gasteiger partial charge in [0.05, 0.1) is 11.9 Å². The summed E-state index contributed by atoms with van der Waals surface area (Å²) in [5.74, 6) is -0.809. The number of anilines is 1. The molecule has 3 rings (SSSR count). The number of carbonyl (C=O) groups is 2. The van der Waals surface area contributed by atoms with Crippen molar-refractivity contribution in [2.24, 2.45) is 0 Å². The Morgan fingerprint density at radius 1 is 0.944 bits per heavy atom. The molecule has 9 heteroatoms. The number of amides is 2. The van der Waals surface area contributed by atoms with Crippen LogP contribution < -0.4 is 9.62 Å². The Morgan fingerprint density at radius 3 is 2.17 bits per heavy atom. The summed E-state index contributed by atoms with van der Waals surface area (Å²) in [5, 5.41) is 2.67. The molecule has 1 unspecified atom stereocenters. The van der Waals surface area contributed by atoms with E-state index in [2.05, 4.69) is 21.2 Å². The zero-order valence-corrected chi connectivity index (χ0v) is 22.9. The predicted molar refractivity (Wildman–Crippen MR) is 146 cm³/mol. The molecule has 0 spiro atoms. The molecule has 0 saturated heterocycles. The smallest absolute Gasteiger partial charge is 0.244 e. The maximum atomic E-state index is 13.9. The summed E-state index contributed by atoms with van der Waals surface area (Å²) in [6, 6.07) is 23.0. The third-order valence-electron chi connectivity index (χ3n) is 5.92. The number of rotatable bonds is 10. The van der Waals surface area contributed by atoms with Crippen LogP contribution in [0.3, 0.4) is 0 Å². The minimum absolute atomic E-state index is 0.157. The number of para-hydroxylation sites is 1. The second kappa shape index (κ2) is 12.2. The maximum Gasteiger partial charge on any atom is 0.244 e. The minimum Gasteiger partial charge on any atom is -0.357 e. The standard InChI is InChI=1S/C27H30BrN3O4S/c1-20-11-7-8-14-22(20)18-30(25(27(33)29-2)17-21-12-5-4-6-13-21)26(32)19-31(36(3,34)35)24-16-10-9-15-23(24)28/h4-16,25H,17-19H2,1-3H3,(H,29,33). The number of aryl methyl sites for hydroxylation is 1. The summed E-state index contributed by atoms with van der Waals surface area (Å²) in [7, 11) is -2.28. The second-order valence-electron chi connectivity index (χ2n) is 8.49. The van der Waals surface area contributed by atoms with Crippen molar-refractivity contribution in [3.63, 3.8) is 0 Å². The molecule has 0 radical (unpaired) electrons. The molecule has 0 heterocycles. The van der Waals surface area contributed by atoms with Crippen LogP contribution in [0.2, 0.25) is 0 Å². The van der Waals surface area contributed by atoms with Crippen molar-refractivity contribution in [3.8, 4) is 0 Å². The van der Waals surface area contributed by atoms with E-state index in [-0.39, 0.29) is 18.9 Å². The fraction of sp³-hybridized carbons (Fsp3) is 0.259. The number of likely N-dealkylation sites (N-methyl/N-ethyl adjacent to an activating group) is 1. The molecule has 1 atom stereocenters. The lowest BCUT2D eigenvalue weighted by Gasteiger charge is -2.33. The first kappa shape index (κ1) is 27.4. The lowest BCUT2D eigenvalue weighted by molar-refractivity contribution is -0.139. The first-order valence-electron chi connectivity index (χ1n) is 11.4. The molecule has 2 amide bonds. The summed E-state index contributed by atoms with van der Waals surface area (Å²) in [6.07, 6.45) is 1.34. The summed E-state index contributed by atoms with van der Waals surface area (Å²) in [4.78, 5) is 28.5. The van der Waals surface area contributed by atoms with Gasteiger partial charge < -0.3 is 10.2 Å². The molecule has 0 aliphatic heterocycles. The molecule has 0 aromatic heterocycles. The van der Waals surface area contributed by atoms with Gasteiger partial charge in [0.25, 0.3) is 0 Å². The van der Waals surface area contributed by atoms with Crippen LogP contribution in [-0.4, -0.2) is 51.0 Å². The van der Waals surface area contributed by atoms with Crippen LogP contribution in [0.5, 0.6) is 0 Å². The van der Waals surface area contributed by atoms with E-state index < -0.39 is 28.5 Å². The van der Waals surface area contributed by atoms with Gasteiger partial charge in [-0.2, -0.15) is 0 Å². The van der Waals surface area contributed by atoms with E-state index >= 15 is 0 Å². The van der Waals surface area contributed by atoms with E-state index in [0.29, 0.717) is 10.2 Å². The third kappa shape index (κ3) is 6.95. The highest BCUT2D eigenvalue weighted by Crippen LogP contribution is 2.28. The highest BCUT2D eigenvalue weighted by atomic mass is 79.9. The Bertz CT molecular complexity index is 1320. The minimum atomic E-state index is -3.81. The number of hydrogen-bond donors (Lipinski definition) is 1. The van der Waals surface area contributed by atoms with Crippen molar-refractivity contribution < 1.29 is 18.0 Å². The molecule has 3 aromatic carbocycles. The van der Waals surface area contributed by atoms with Gasteiger partial charge in [0.15, 0.2) is 0 Å². The number of benzene rings is 3. The zero-order valence-electron chi connectivity index (χ0n) is 20.5. The SMILES string of the molecule is CNC(=O)C(Cc1ccccc1)N(Cc1ccccc1C)C(=O)CN(c1ccccc1Br)S(C)(=O)=O. The Labute approximate surface area is 221 Å². The summed E-state index contributed by atoms with van der Waals surface area (Å²) in [6.45, 7) is 1.65. The van der Waals surface area contributed by atoms with Crippen molar-refractivity contribution in [2.45, 2.75) is 25.9 Å². The molecule has 0 aliphatic carbocycles. The van der Waals surface area contributed by atoms with E-state index in [9.17, 15) is 18.0 Å². The normalized spacial score (nSPS) is 12.0. The van der Waals surface area contributed by atoms with Crippen LogP contribution in [0.15, 0.2) is 83.3 Å². The third-order valence-corrected chi connectivity index (χ3v) is 7.72. The van der Waals surface area contributed by atoms with E-state index in [1.807, 2.05) is 61.5 Å². The fourth-order valence-electron chi connectivity index (χ4n) is 3.94. The van der Waals surface area contributed by atoms with Crippen molar-refractivity contribution in [1.82, 2.24) is 10.2 Å². The molecule has 0 fully saturated rings. The van der Waals surface area contributed by atoms with Gasteiger partial charge in [-0.05, 0) is 51.7 Å². The number of nitrogens with zero attached hydrogens (tertiary/aromatic N) is 2. The fourth-order valence-corrected chi connectivity index (χ4v) is 5.42. The van der Waals surface area contributed by atoms with Crippen molar-refractivity contribution in [1.29, 1.82) is 0 Å². The lowest BCUT2D eigenvalue weighted by Crippen LogP contribution is -2.53. The quantitative estimate of drug-likeness (QED) is 0.399. The van der Waals surface area contributed by atoms with Crippen LogP contribution >= 0.6 is 15.9 Å². The van der Waals surface area contributed by atoms with Crippen LogP contribution in [0.25, 0.3) is 0 Å². The van der Waals surface area contributed by atoms with Crippen molar-refractivity contribution in [2.75, 3.05) is 24.2 Å². The molecule has 190 valence electrons. The molecule has 0 bridgehead atoms. The first-order chi connectivity index (χ1) is 17.1. The summed E-state index contributed by atoms with van der Waals surface area (Å²) < 4.78 is 27.1. The molecule has 0 saturated carbocycles. The van der Waals surface area contributed by atoms with Gasteiger partial charge in [-0.1, -0.05) is 66.7 Å². The van der Waals surface area contributed by atoms with Crippen LogP contribution in [-0.2, 0) is 32.6 Å². The molecule has 0 aliphatic rings. The van der Waals surface area contributed by atoms with E-state index in [0.717, 1.165) is 27.3 Å². The zero-order chi connectivity index (χ0) is 26.3. The first-order valence-corrected chi connectivity index (χ1v) is 14.1. The van der Waals surface area contributed by atoms with Crippen molar-refractivity contribution in [3.05, 3.63) is 100 Å². The van der Waals surface area contributed by atoms with Gasteiger partial charge in [0.2, 0.25) is 21.8 Å². The van der Waals surface area contributed by atoms with Gasteiger partial charge in [0, 0.05) is 24.5 Å². The summed E-state index contributed by atoms with van der Waals surface area (Å²) >= 11 is 3.39. The molecular formula is C27H30BrN3O4S. The molecule has 1 N–H and O–H groups in total. The van der Waals surface area contributed by atoms with Crippen molar-refractivity contribution >= 4 is 43.5 Å². The topological polar surface area (TPSA) is 86.8 Å². The van der Waals surface area contributed by atoms with Crippen LogP contribution in [0.1, 0.15) is 16.7 Å². The monoisotopic (exact) mass is 571 g/mol. The van der Waals surface area contributed by atoms with Gasteiger partial charge in [-0.15, -0.1) is 0 Å². The van der Waals surface area contributed by atoms with Crippen LogP contribution in [0, 0.1) is 6.92 Å². The van der Waals surface area contributed by atoms with Gasteiger partial charge in [0.1, 0.15) is 12.6 Å². The maximum absolute atomic E-state index is 13.9. The average Bonchev–Trinajstić information content (AvgIpc) is 2.85. The summed E-state index contributed by atoms with van der Waals surface area (Å²) in [5.41, 5.74) is 3.08. The highest BCUT2D eigenvalue weighted by Gasteiger charge is 2.33. The van der Waals surface area contributed by atoms with Gasteiger partial charge >= 0.3 is 0 Å². The Kier molecular flexibility index (Phi) is 9.28. The Balaban J connectivity index is 2.05. The lowest BCUT2D eigenvalue weighted by atomic mass is 10.0. The highest BCUT2D eigenvalue weighted by molar-refractivity contribution is 9.10. The number of halogens is 1. The molecule has 36 heavy (non-hydrogen) atoms. The Morgan fingerprint density at radius 2 is 1.56 bits per heavy atom. The predicted octanol–water partition coefficient (Wildman–Crippen LogP) is 3.91. The molecular weight excluding hydrogens is 542 g/mol.